The molecule has 0 N–H and O–H groups in total. The molecule has 0 aliphatic heterocycles. The maximum atomic E-state index is 5.38. The van der Waals surface area contributed by atoms with Gasteiger partial charge < -0.3 is 4.43 Å². The first kappa shape index (κ1) is 17.7. The van der Waals surface area contributed by atoms with E-state index in [0.717, 1.165) is 5.76 Å². The van der Waals surface area contributed by atoms with Crippen LogP contribution in [0.3, 0.4) is 0 Å². The molecule has 0 saturated carbocycles. The molecule has 1 nitrogen and oxygen atoms in total. The molecule has 76 valence electrons. The molecule has 0 heterocycles. The van der Waals surface area contributed by atoms with E-state index in [-0.39, 0.29) is 0 Å². The summed E-state index contributed by atoms with van der Waals surface area (Å²) in [6.07, 6.45) is 0. The van der Waals surface area contributed by atoms with E-state index in [1.54, 1.807) is 0 Å². The zero-order valence-electron chi connectivity index (χ0n) is 10.1. The number of allylic oxidation sites excluding steroid dienone is 1. The summed E-state index contributed by atoms with van der Waals surface area (Å²) in [6, 6.07) is 0. The number of rotatable bonds is 2. The van der Waals surface area contributed by atoms with Crippen LogP contribution in [0.25, 0.3) is 0 Å². The predicted octanol–water partition coefficient (Wildman–Crippen LogP) is 4.42. The van der Waals surface area contributed by atoms with Crippen molar-refractivity contribution < 1.29 is 4.43 Å². The van der Waals surface area contributed by atoms with Gasteiger partial charge in [-0.1, -0.05) is 34.3 Å². The van der Waals surface area contributed by atoms with Crippen LogP contribution in [0.5, 0.6) is 0 Å². The zero-order chi connectivity index (χ0) is 10.8. The Hall–Kier alpha value is -0.243. The summed E-state index contributed by atoms with van der Waals surface area (Å²) >= 11 is 0. The minimum absolute atomic E-state index is 0.837. The van der Waals surface area contributed by atoms with Gasteiger partial charge in [0.25, 0.3) is 0 Å². The van der Waals surface area contributed by atoms with Crippen LogP contribution in [0.1, 0.15) is 34.6 Å². The van der Waals surface area contributed by atoms with Gasteiger partial charge in [-0.15, -0.1) is 0 Å². The summed E-state index contributed by atoms with van der Waals surface area (Å²) in [6.45, 7) is 20.0. The minimum Gasteiger partial charge on any atom is -0.548 e. The molecule has 0 aromatic heterocycles. The van der Waals surface area contributed by atoms with Crippen LogP contribution >= 0.6 is 0 Å². The fraction of sp³-hybridized carbons (Fsp3) is 0.800. The lowest BCUT2D eigenvalue weighted by Gasteiger charge is -2.18. The molecular formula is C10H26OSi. The Labute approximate surface area is 80.0 Å². The monoisotopic (exact) mass is 190 g/mol. The third-order valence-electron chi connectivity index (χ3n) is 0.480. The third kappa shape index (κ3) is 33.1. The molecule has 2 heteroatoms. The van der Waals surface area contributed by atoms with Gasteiger partial charge in [0.1, 0.15) is 0 Å². The maximum absolute atomic E-state index is 5.38. The lowest BCUT2D eigenvalue weighted by Crippen LogP contribution is -2.23. The fourth-order valence-electron chi connectivity index (χ4n) is 0.523. The smallest absolute Gasteiger partial charge is 0.241 e. The van der Waals surface area contributed by atoms with E-state index in [1.165, 1.54) is 0 Å². The lowest BCUT2D eigenvalue weighted by molar-refractivity contribution is 0.427. The number of hydrogen-bond donors (Lipinski definition) is 0. The average molecular weight is 190 g/mol. The standard InChI is InChI=1S/C6H14OSi.2C2H6/c1-6(2)7-8(3,4)5;2*1-2/h1H2,2-5H3;2*1-2H3. The highest BCUT2D eigenvalue weighted by Gasteiger charge is 2.14. The van der Waals surface area contributed by atoms with Gasteiger partial charge in [-0.05, 0) is 26.6 Å². The normalized spacial score (nSPS) is 8.33. The molecule has 12 heavy (non-hydrogen) atoms. The van der Waals surface area contributed by atoms with Crippen molar-refractivity contribution in [2.24, 2.45) is 0 Å². The Kier molecular flexibility index (Phi) is 15.9. The second-order valence-corrected chi connectivity index (χ2v) is 7.35. The largest absolute Gasteiger partial charge is 0.548 e. The summed E-state index contributed by atoms with van der Waals surface area (Å²) in [5.74, 6) is 0.837. The summed E-state index contributed by atoms with van der Waals surface area (Å²) in [5, 5.41) is 0. The van der Waals surface area contributed by atoms with Gasteiger partial charge in [-0.3, -0.25) is 0 Å². The highest BCUT2D eigenvalue weighted by Crippen LogP contribution is 2.06. The maximum Gasteiger partial charge on any atom is 0.241 e. The van der Waals surface area contributed by atoms with Crippen molar-refractivity contribution in [1.29, 1.82) is 0 Å². The Bertz CT molecular complexity index is 92.5. The molecule has 0 aliphatic rings. The van der Waals surface area contributed by atoms with E-state index in [0.29, 0.717) is 0 Å². The Morgan fingerprint density at radius 3 is 1.25 bits per heavy atom. The third-order valence-corrected chi connectivity index (χ3v) is 1.44. The first-order chi connectivity index (χ1) is 5.42. The fourth-order valence-corrected chi connectivity index (χ4v) is 1.57. The van der Waals surface area contributed by atoms with E-state index in [9.17, 15) is 0 Å². The van der Waals surface area contributed by atoms with Gasteiger partial charge in [0.05, 0.1) is 5.76 Å². The first-order valence-electron chi connectivity index (χ1n) is 4.76. The molecule has 0 unspecified atom stereocenters. The van der Waals surface area contributed by atoms with Gasteiger partial charge >= 0.3 is 0 Å². The molecule has 0 aromatic rings. The van der Waals surface area contributed by atoms with Crippen LogP contribution in [0.15, 0.2) is 12.3 Å². The zero-order valence-corrected chi connectivity index (χ0v) is 11.1. The molecule has 0 radical (unpaired) electrons. The van der Waals surface area contributed by atoms with Crippen molar-refractivity contribution in [2.45, 2.75) is 54.3 Å². The second kappa shape index (κ2) is 10.8. The summed E-state index contributed by atoms with van der Waals surface area (Å²) < 4.78 is 5.38. The van der Waals surface area contributed by atoms with E-state index in [4.69, 9.17) is 4.43 Å². The van der Waals surface area contributed by atoms with Crippen LogP contribution < -0.4 is 0 Å². The van der Waals surface area contributed by atoms with Gasteiger partial charge in [0.2, 0.25) is 8.32 Å². The first-order valence-corrected chi connectivity index (χ1v) is 8.17. The predicted molar refractivity (Wildman–Crippen MR) is 61.9 cm³/mol. The van der Waals surface area contributed by atoms with Crippen molar-refractivity contribution in [3.8, 4) is 0 Å². The topological polar surface area (TPSA) is 9.23 Å². The molecule has 0 fully saturated rings. The molecule has 0 atom stereocenters. The van der Waals surface area contributed by atoms with Crippen molar-refractivity contribution in [2.75, 3.05) is 0 Å². The highest BCUT2D eigenvalue weighted by molar-refractivity contribution is 6.70. The van der Waals surface area contributed by atoms with E-state index in [1.807, 2.05) is 34.6 Å². The molecule has 0 aliphatic carbocycles. The van der Waals surface area contributed by atoms with Crippen molar-refractivity contribution in [3.05, 3.63) is 12.3 Å². The molecule has 0 rings (SSSR count). The second-order valence-electron chi connectivity index (χ2n) is 2.92. The molecule has 0 spiro atoms. The molecule has 0 aromatic carbocycles. The Morgan fingerprint density at radius 1 is 1.00 bits per heavy atom. The Balaban J connectivity index is -0.000000175. The van der Waals surface area contributed by atoms with E-state index in [2.05, 4.69) is 26.2 Å². The van der Waals surface area contributed by atoms with Crippen molar-refractivity contribution >= 4 is 8.32 Å². The Morgan fingerprint density at radius 2 is 1.25 bits per heavy atom. The average Bonchev–Trinajstić information content (AvgIpc) is 1.91. The summed E-state index contributed by atoms with van der Waals surface area (Å²) in [5.41, 5.74) is 0. The van der Waals surface area contributed by atoms with Gasteiger partial charge in [-0.25, -0.2) is 0 Å². The molecular weight excluding hydrogens is 164 g/mol. The van der Waals surface area contributed by atoms with Crippen LogP contribution in [0.2, 0.25) is 19.6 Å². The van der Waals surface area contributed by atoms with Gasteiger partial charge in [0.15, 0.2) is 0 Å². The van der Waals surface area contributed by atoms with E-state index < -0.39 is 8.32 Å². The van der Waals surface area contributed by atoms with Crippen molar-refractivity contribution in [1.82, 2.24) is 0 Å². The van der Waals surface area contributed by atoms with E-state index >= 15 is 0 Å². The minimum atomic E-state index is -1.32. The summed E-state index contributed by atoms with van der Waals surface area (Å²) in [7, 11) is -1.32. The number of hydrogen-bond acceptors (Lipinski definition) is 1. The van der Waals surface area contributed by atoms with Gasteiger partial charge in [0, 0.05) is 0 Å². The summed E-state index contributed by atoms with van der Waals surface area (Å²) in [4.78, 5) is 0. The highest BCUT2D eigenvalue weighted by atomic mass is 28.4. The van der Waals surface area contributed by atoms with Crippen LogP contribution in [0.4, 0.5) is 0 Å². The quantitative estimate of drug-likeness (QED) is 0.462. The van der Waals surface area contributed by atoms with Gasteiger partial charge in [-0.2, -0.15) is 0 Å². The van der Waals surface area contributed by atoms with Crippen molar-refractivity contribution in [3.63, 3.8) is 0 Å². The van der Waals surface area contributed by atoms with Crippen LogP contribution in [-0.2, 0) is 4.43 Å². The SMILES string of the molecule is C=C(C)O[Si](C)(C)C.CC.CC. The molecule has 0 amide bonds. The van der Waals surface area contributed by atoms with Crippen LogP contribution in [-0.4, -0.2) is 8.32 Å². The molecule has 0 saturated heterocycles. The molecule has 0 bridgehead atoms. The lowest BCUT2D eigenvalue weighted by atomic mass is 10.7. The van der Waals surface area contributed by atoms with Crippen LogP contribution in [0, 0.1) is 0 Å².